The van der Waals surface area contributed by atoms with Gasteiger partial charge in [0, 0.05) is 0 Å². The van der Waals surface area contributed by atoms with Gasteiger partial charge in [0.05, 0.1) is 17.3 Å². The number of nitrogens with zero attached hydrogens (tertiary/aromatic N) is 1. The molecule has 0 aliphatic heterocycles. The van der Waals surface area contributed by atoms with E-state index in [-0.39, 0.29) is 5.56 Å². The van der Waals surface area contributed by atoms with E-state index in [9.17, 15) is 9.59 Å². The van der Waals surface area contributed by atoms with Gasteiger partial charge in [-0.2, -0.15) is 5.26 Å². The highest BCUT2D eigenvalue weighted by molar-refractivity contribution is 6.03. The summed E-state index contributed by atoms with van der Waals surface area (Å²) >= 11 is 0. The fourth-order valence-electron chi connectivity index (χ4n) is 1.36. The third kappa shape index (κ3) is 3.05. The van der Waals surface area contributed by atoms with Crippen molar-refractivity contribution in [1.82, 2.24) is 0 Å². The lowest BCUT2D eigenvalue weighted by atomic mass is 10.1. The van der Waals surface area contributed by atoms with Gasteiger partial charge in [0.15, 0.2) is 0 Å². The average Bonchev–Trinajstić information content (AvgIpc) is 2.31. The van der Waals surface area contributed by atoms with Gasteiger partial charge in [0.2, 0.25) is 5.91 Å². The predicted molar refractivity (Wildman–Crippen MR) is 63.0 cm³/mol. The first-order valence-electron chi connectivity index (χ1n) is 5.19. The van der Waals surface area contributed by atoms with Crippen LogP contribution in [0.15, 0.2) is 24.3 Å². The monoisotopic (exact) mass is 231 g/mol. The van der Waals surface area contributed by atoms with Crippen molar-refractivity contribution in [3.8, 4) is 6.07 Å². The first kappa shape index (κ1) is 12.7. The number of nitrogens with two attached hydrogens (primary N) is 1. The number of amides is 2. The minimum atomic E-state index is -0.726. The molecule has 1 aromatic rings. The second kappa shape index (κ2) is 5.66. The summed E-state index contributed by atoms with van der Waals surface area (Å²) in [5.41, 5.74) is 5.74. The van der Waals surface area contributed by atoms with Gasteiger partial charge >= 0.3 is 0 Å². The van der Waals surface area contributed by atoms with Gasteiger partial charge in [-0.1, -0.05) is 19.1 Å². The molecule has 1 atom stereocenters. The van der Waals surface area contributed by atoms with Crippen LogP contribution in [0.2, 0.25) is 0 Å². The molecule has 0 spiro atoms. The van der Waals surface area contributed by atoms with Gasteiger partial charge in [-0.05, 0) is 18.6 Å². The minimum Gasteiger partial charge on any atom is -0.366 e. The summed E-state index contributed by atoms with van der Waals surface area (Å²) in [5.74, 6) is -1.77. The highest BCUT2D eigenvalue weighted by Crippen LogP contribution is 2.15. The molecular weight excluding hydrogens is 218 g/mol. The Morgan fingerprint density at radius 2 is 2.12 bits per heavy atom. The number of rotatable bonds is 4. The van der Waals surface area contributed by atoms with Crippen LogP contribution in [0.1, 0.15) is 23.7 Å². The SMILES string of the molecule is CCC(C#N)C(=O)Nc1ccccc1C(N)=O. The Morgan fingerprint density at radius 3 is 2.65 bits per heavy atom. The molecule has 1 rings (SSSR count). The zero-order valence-electron chi connectivity index (χ0n) is 9.43. The van der Waals surface area contributed by atoms with E-state index in [1.807, 2.05) is 6.07 Å². The van der Waals surface area contributed by atoms with Gasteiger partial charge in [-0.15, -0.1) is 0 Å². The number of para-hydroxylation sites is 1. The summed E-state index contributed by atoms with van der Waals surface area (Å²) in [6, 6.07) is 8.31. The molecule has 1 unspecified atom stereocenters. The number of primary amides is 1. The van der Waals surface area contributed by atoms with Crippen molar-refractivity contribution in [3.05, 3.63) is 29.8 Å². The highest BCUT2D eigenvalue weighted by atomic mass is 16.2. The second-order valence-corrected chi connectivity index (χ2v) is 3.49. The Bertz CT molecular complexity index is 477. The summed E-state index contributed by atoms with van der Waals surface area (Å²) in [4.78, 5) is 22.8. The molecule has 0 heterocycles. The fourth-order valence-corrected chi connectivity index (χ4v) is 1.36. The molecule has 3 N–H and O–H groups in total. The number of nitrogens with one attached hydrogen (secondary N) is 1. The molecule has 88 valence electrons. The van der Waals surface area contributed by atoms with Crippen LogP contribution in [0.4, 0.5) is 5.69 Å². The molecule has 1 aromatic carbocycles. The summed E-state index contributed by atoms with van der Waals surface area (Å²) in [5, 5.41) is 11.3. The van der Waals surface area contributed by atoms with E-state index in [0.717, 1.165) is 0 Å². The van der Waals surface area contributed by atoms with Crippen molar-refractivity contribution in [2.24, 2.45) is 11.7 Å². The fraction of sp³-hybridized carbons (Fsp3) is 0.250. The van der Waals surface area contributed by atoms with Gasteiger partial charge < -0.3 is 11.1 Å². The summed E-state index contributed by atoms with van der Waals surface area (Å²) < 4.78 is 0. The molecule has 0 radical (unpaired) electrons. The number of benzene rings is 1. The van der Waals surface area contributed by atoms with Crippen molar-refractivity contribution >= 4 is 17.5 Å². The van der Waals surface area contributed by atoms with Crippen LogP contribution in [0.3, 0.4) is 0 Å². The molecular formula is C12H13N3O2. The Labute approximate surface area is 99.2 Å². The Hall–Kier alpha value is -2.35. The number of hydrogen-bond acceptors (Lipinski definition) is 3. The van der Waals surface area contributed by atoms with Crippen LogP contribution >= 0.6 is 0 Å². The van der Waals surface area contributed by atoms with E-state index in [1.54, 1.807) is 25.1 Å². The van der Waals surface area contributed by atoms with Crippen LogP contribution in [-0.4, -0.2) is 11.8 Å². The molecule has 0 saturated heterocycles. The standard InChI is InChI=1S/C12H13N3O2/c1-2-8(7-13)12(17)15-10-6-4-3-5-9(10)11(14)16/h3-6,8H,2H2,1H3,(H2,14,16)(H,15,17). The summed E-state index contributed by atoms with van der Waals surface area (Å²) in [7, 11) is 0. The van der Waals surface area contributed by atoms with E-state index in [2.05, 4.69) is 5.32 Å². The molecule has 2 amide bonds. The van der Waals surface area contributed by atoms with Gasteiger partial charge in [0.25, 0.3) is 5.91 Å². The minimum absolute atomic E-state index is 0.230. The maximum absolute atomic E-state index is 11.7. The van der Waals surface area contributed by atoms with Crippen LogP contribution in [0.5, 0.6) is 0 Å². The number of anilines is 1. The van der Waals surface area contributed by atoms with Crippen molar-refractivity contribution < 1.29 is 9.59 Å². The van der Waals surface area contributed by atoms with Gasteiger partial charge in [-0.25, -0.2) is 0 Å². The van der Waals surface area contributed by atoms with Gasteiger partial charge in [-0.3, -0.25) is 9.59 Å². The first-order valence-corrected chi connectivity index (χ1v) is 5.19. The molecule has 0 aromatic heterocycles. The molecule has 17 heavy (non-hydrogen) atoms. The number of carbonyl (C=O) groups excluding carboxylic acids is 2. The first-order chi connectivity index (χ1) is 8.10. The quantitative estimate of drug-likeness (QED) is 0.816. The largest absolute Gasteiger partial charge is 0.366 e. The zero-order chi connectivity index (χ0) is 12.8. The number of hydrogen-bond donors (Lipinski definition) is 2. The van der Waals surface area contributed by atoms with Crippen molar-refractivity contribution in [1.29, 1.82) is 5.26 Å². The smallest absolute Gasteiger partial charge is 0.250 e. The molecule has 5 heteroatoms. The van der Waals surface area contributed by atoms with Crippen LogP contribution in [0, 0.1) is 17.2 Å². The third-order valence-electron chi connectivity index (χ3n) is 2.33. The lowest BCUT2D eigenvalue weighted by Crippen LogP contribution is -2.23. The average molecular weight is 231 g/mol. The number of carbonyl (C=O) groups is 2. The van der Waals surface area contributed by atoms with E-state index in [0.29, 0.717) is 12.1 Å². The predicted octanol–water partition coefficient (Wildman–Crippen LogP) is 1.27. The molecule has 0 aliphatic rings. The molecule has 0 bridgehead atoms. The normalized spacial score (nSPS) is 11.3. The van der Waals surface area contributed by atoms with E-state index >= 15 is 0 Å². The molecule has 0 aliphatic carbocycles. The van der Waals surface area contributed by atoms with Crippen molar-refractivity contribution in [2.45, 2.75) is 13.3 Å². The maximum Gasteiger partial charge on any atom is 0.250 e. The molecule has 0 saturated carbocycles. The van der Waals surface area contributed by atoms with Crippen LogP contribution in [-0.2, 0) is 4.79 Å². The maximum atomic E-state index is 11.7. The lowest BCUT2D eigenvalue weighted by Gasteiger charge is -2.10. The molecule has 0 fully saturated rings. The third-order valence-corrected chi connectivity index (χ3v) is 2.33. The Morgan fingerprint density at radius 1 is 1.47 bits per heavy atom. The Balaban J connectivity index is 2.93. The lowest BCUT2D eigenvalue weighted by molar-refractivity contribution is -0.118. The summed E-state index contributed by atoms with van der Waals surface area (Å²) in [6.07, 6.45) is 0.418. The van der Waals surface area contributed by atoms with E-state index in [4.69, 9.17) is 11.0 Å². The highest BCUT2D eigenvalue weighted by Gasteiger charge is 2.17. The Kier molecular flexibility index (Phi) is 4.23. The van der Waals surface area contributed by atoms with Crippen LogP contribution < -0.4 is 11.1 Å². The second-order valence-electron chi connectivity index (χ2n) is 3.49. The van der Waals surface area contributed by atoms with Gasteiger partial charge in [0.1, 0.15) is 5.92 Å². The van der Waals surface area contributed by atoms with Crippen molar-refractivity contribution in [3.63, 3.8) is 0 Å². The number of nitriles is 1. The van der Waals surface area contributed by atoms with E-state index in [1.165, 1.54) is 6.07 Å². The van der Waals surface area contributed by atoms with Crippen molar-refractivity contribution in [2.75, 3.05) is 5.32 Å². The van der Waals surface area contributed by atoms with E-state index < -0.39 is 17.7 Å². The topological polar surface area (TPSA) is 96.0 Å². The zero-order valence-corrected chi connectivity index (χ0v) is 9.43. The summed E-state index contributed by atoms with van der Waals surface area (Å²) in [6.45, 7) is 1.74. The van der Waals surface area contributed by atoms with Crippen LogP contribution in [0.25, 0.3) is 0 Å². The molecule has 5 nitrogen and oxygen atoms in total.